The second-order valence-electron chi connectivity index (χ2n) is 9.54. The summed E-state index contributed by atoms with van der Waals surface area (Å²) in [5, 5.41) is 37.5. The standard InChI is InChI=1S/C22H40N4O8.CH5N/c1-22(30)9-16(28)21(31-11-22)34-20-15(26-12-27)8-14(24)19(18(20)29)33-17-5-2-4-13(32-17)10-25-7-3-6-23;1-2/h4,12,14-21,25,28-30H,2-3,5-11,23-24H2,1H3,(H,26,27);2H2,1H3/t14?,15?,16?,17-,18?,19-,20+,21?,22-;/m1./s1. The Morgan fingerprint density at radius 3 is 2.69 bits per heavy atom. The van der Waals surface area contributed by atoms with Crippen molar-refractivity contribution >= 4 is 6.41 Å². The van der Waals surface area contributed by atoms with Crippen LogP contribution in [0.15, 0.2) is 11.8 Å². The van der Waals surface area contributed by atoms with Gasteiger partial charge in [0.05, 0.1) is 24.8 Å². The summed E-state index contributed by atoms with van der Waals surface area (Å²) in [4.78, 5) is 11.2. The van der Waals surface area contributed by atoms with Gasteiger partial charge in [-0.25, -0.2) is 0 Å². The second-order valence-corrected chi connectivity index (χ2v) is 9.54. The Balaban J connectivity index is 0.00000222. The van der Waals surface area contributed by atoms with E-state index in [1.54, 1.807) is 6.92 Å². The quantitative estimate of drug-likeness (QED) is 0.104. The third kappa shape index (κ3) is 8.87. The maximum Gasteiger partial charge on any atom is 0.207 e. The normalized spacial score (nSPS) is 38.7. The molecule has 1 saturated carbocycles. The van der Waals surface area contributed by atoms with Gasteiger partial charge in [0, 0.05) is 18.9 Å². The molecule has 0 aromatic rings. The van der Waals surface area contributed by atoms with E-state index in [0.29, 0.717) is 25.9 Å². The number of nitrogens with one attached hydrogen (secondary N) is 2. The van der Waals surface area contributed by atoms with Crippen molar-refractivity contribution in [1.29, 1.82) is 0 Å². The molecule has 0 radical (unpaired) electrons. The summed E-state index contributed by atoms with van der Waals surface area (Å²) >= 11 is 0. The molecule has 0 aromatic heterocycles. The highest BCUT2D eigenvalue weighted by molar-refractivity contribution is 5.47. The van der Waals surface area contributed by atoms with Gasteiger partial charge in [-0.1, -0.05) is 0 Å². The number of carbonyl (C=O) groups excluding carboxylic acids is 1. The molecule has 2 heterocycles. The van der Waals surface area contributed by atoms with Crippen LogP contribution in [-0.2, 0) is 23.7 Å². The number of allylic oxidation sites excluding steroid dienone is 1. The number of aliphatic hydroxyl groups is 3. The van der Waals surface area contributed by atoms with Crippen molar-refractivity contribution in [2.45, 2.75) is 93.7 Å². The lowest BCUT2D eigenvalue weighted by Gasteiger charge is -2.46. The number of amides is 1. The molecule has 1 saturated heterocycles. The van der Waals surface area contributed by atoms with Gasteiger partial charge in [0.1, 0.15) is 30.2 Å². The number of nitrogens with two attached hydrogens (primary N) is 3. The van der Waals surface area contributed by atoms with Crippen molar-refractivity contribution in [3.05, 3.63) is 11.8 Å². The van der Waals surface area contributed by atoms with E-state index in [-0.39, 0.29) is 19.4 Å². The molecular formula is C23H45N5O8. The van der Waals surface area contributed by atoms with E-state index in [1.165, 1.54) is 7.05 Å². The summed E-state index contributed by atoms with van der Waals surface area (Å²) in [7, 11) is 1.50. The second kappa shape index (κ2) is 15.1. The van der Waals surface area contributed by atoms with Crippen LogP contribution in [0.1, 0.15) is 39.0 Å². The predicted molar refractivity (Wildman–Crippen MR) is 131 cm³/mol. The monoisotopic (exact) mass is 519 g/mol. The average molecular weight is 520 g/mol. The fraction of sp³-hybridized carbons (Fsp3) is 0.870. The Morgan fingerprint density at radius 2 is 2.03 bits per heavy atom. The van der Waals surface area contributed by atoms with Crippen molar-refractivity contribution in [3.63, 3.8) is 0 Å². The Hall–Kier alpha value is -1.39. The summed E-state index contributed by atoms with van der Waals surface area (Å²) in [6.45, 7) is 3.47. The van der Waals surface area contributed by atoms with Crippen LogP contribution >= 0.6 is 0 Å². The lowest BCUT2D eigenvalue weighted by atomic mass is 9.83. The molecule has 36 heavy (non-hydrogen) atoms. The molecule has 13 nitrogen and oxygen atoms in total. The van der Waals surface area contributed by atoms with Crippen LogP contribution in [0.25, 0.3) is 0 Å². The van der Waals surface area contributed by atoms with E-state index in [4.69, 9.17) is 30.4 Å². The Morgan fingerprint density at radius 1 is 1.28 bits per heavy atom. The highest BCUT2D eigenvalue weighted by Crippen LogP contribution is 2.31. The first kappa shape index (κ1) is 30.8. The molecule has 5 unspecified atom stereocenters. The van der Waals surface area contributed by atoms with Crippen LogP contribution in [0, 0.1) is 0 Å². The van der Waals surface area contributed by atoms with Crippen LogP contribution in [0.3, 0.4) is 0 Å². The van der Waals surface area contributed by atoms with Gasteiger partial charge in [-0.15, -0.1) is 0 Å². The molecule has 11 N–H and O–H groups in total. The molecular weight excluding hydrogens is 474 g/mol. The molecule has 210 valence electrons. The fourth-order valence-corrected chi connectivity index (χ4v) is 4.59. The minimum absolute atomic E-state index is 0.0346. The van der Waals surface area contributed by atoms with Crippen LogP contribution in [0.5, 0.6) is 0 Å². The van der Waals surface area contributed by atoms with Crippen molar-refractivity contribution in [3.8, 4) is 0 Å². The first-order valence-corrected chi connectivity index (χ1v) is 12.5. The minimum atomic E-state index is -1.22. The van der Waals surface area contributed by atoms with Gasteiger partial charge in [-0.2, -0.15) is 0 Å². The third-order valence-electron chi connectivity index (χ3n) is 6.34. The van der Waals surface area contributed by atoms with E-state index in [2.05, 4.69) is 16.4 Å². The highest BCUT2D eigenvalue weighted by Gasteiger charge is 2.48. The zero-order valence-corrected chi connectivity index (χ0v) is 21.3. The number of hydrogen-bond donors (Lipinski definition) is 8. The van der Waals surface area contributed by atoms with Crippen LogP contribution in [-0.4, -0.2) is 110 Å². The zero-order valence-electron chi connectivity index (χ0n) is 21.3. The third-order valence-corrected chi connectivity index (χ3v) is 6.34. The lowest BCUT2D eigenvalue weighted by Crippen LogP contribution is -2.65. The van der Waals surface area contributed by atoms with Crippen LogP contribution in [0.2, 0.25) is 0 Å². The van der Waals surface area contributed by atoms with Gasteiger partial charge in [-0.05, 0) is 52.4 Å². The van der Waals surface area contributed by atoms with Crippen LogP contribution < -0.4 is 27.8 Å². The van der Waals surface area contributed by atoms with E-state index >= 15 is 0 Å². The molecule has 3 aliphatic rings. The minimum Gasteiger partial charge on any atom is -0.468 e. The summed E-state index contributed by atoms with van der Waals surface area (Å²) in [6.07, 6.45) is -0.704. The smallest absolute Gasteiger partial charge is 0.207 e. The molecule has 13 heteroatoms. The maximum absolute atomic E-state index is 11.2. The summed E-state index contributed by atoms with van der Waals surface area (Å²) in [6, 6.07) is -1.21. The number of ether oxygens (including phenoxy) is 4. The number of carbonyl (C=O) groups is 1. The predicted octanol–water partition coefficient (Wildman–Crippen LogP) is -2.64. The van der Waals surface area contributed by atoms with Gasteiger partial charge in [0.25, 0.3) is 0 Å². The summed E-state index contributed by atoms with van der Waals surface area (Å²) in [5.74, 6) is 0.756. The van der Waals surface area contributed by atoms with Gasteiger partial charge in [0.2, 0.25) is 6.41 Å². The molecule has 3 rings (SSSR count). The number of hydrogen-bond acceptors (Lipinski definition) is 12. The molecule has 0 spiro atoms. The Kier molecular flexibility index (Phi) is 13.0. The number of aliphatic hydroxyl groups excluding tert-OH is 2. The molecule has 0 aromatic carbocycles. The van der Waals surface area contributed by atoms with E-state index < -0.39 is 54.7 Å². The fourth-order valence-electron chi connectivity index (χ4n) is 4.59. The van der Waals surface area contributed by atoms with E-state index in [9.17, 15) is 20.1 Å². The maximum atomic E-state index is 11.2. The molecule has 1 aliphatic carbocycles. The van der Waals surface area contributed by atoms with Crippen molar-refractivity contribution in [2.24, 2.45) is 17.2 Å². The van der Waals surface area contributed by atoms with Crippen LogP contribution in [0.4, 0.5) is 0 Å². The molecule has 9 atom stereocenters. The first-order valence-electron chi connectivity index (χ1n) is 12.5. The van der Waals surface area contributed by atoms with Gasteiger partial charge < -0.3 is 62.1 Å². The first-order chi connectivity index (χ1) is 17.2. The summed E-state index contributed by atoms with van der Waals surface area (Å²) in [5.41, 5.74) is 15.1. The van der Waals surface area contributed by atoms with Gasteiger partial charge >= 0.3 is 0 Å². The molecule has 2 aliphatic heterocycles. The molecule has 1 amide bonds. The molecule has 0 bridgehead atoms. The van der Waals surface area contributed by atoms with Crippen molar-refractivity contribution < 1.29 is 39.1 Å². The van der Waals surface area contributed by atoms with Gasteiger partial charge in [0.15, 0.2) is 12.6 Å². The highest BCUT2D eigenvalue weighted by atomic mass is 16.7. The van der Waals surface area contributed by atoms with E-state index in [1.807, 2.05) is 6.08 Å². The van der Waals surface area contributed by atoms with Gasteiger partial charge in [-0.3, -0.25) is 4.79 Å². The van der Waals surface area contributed by atoms with Crippen molar-refractivity contribution in [1.82, 2.24) is 10.6 Å². The van der Waals surface area contributed by atoms with E-state index in [0.717, 1.165) is 25.1 Å². The van der Waals surface area contributed by atoms with Crippen molar-refractivity contribution in [2.75, 3.05) is 33.3 Å². The Labute approximate surface area is 212 Å². The summed E-state index contributed by atoms with van der Waals surface area (Å²) < 4.78 is 23.4. The number of rotatable bonds is 11. The SMILES string of the molecule is CN.C[C@]1(O)COC(O[C@H]2C(NC=O)CC(N)[C@@H](O[C@@H]3CCC=C(CNCCCN)O3)C2O)C(O)C1. The largest absolute Gasteiger partial charge is 0.468 e. The lowest BCUT2D eigenvalue weighted by molar-refractivity contribution is -0.296. The molecule has 2 fully saturated rings. The average Bonchev–Trinajstić information content (AvgIpc) is 2.84. The topological polar surface area (TPSA) is 217 Å². The zero-order chi connectivity index (χ0) is 26.7. The Bertz CT molecular complexity index is 685.